The van der Waals surface area contributed by atoms with Gasteiger partial charge >= 0.3 is 0 Å². The number of hydrogen-bond acceptors (Lipinski definition) is 1. The first-order valence-electron chi connectivity index (χ1n) is 6.95. The van der Waals surface area contributed by atoms with Crippen molar-refractivity contribution in [3.05, 3.63) is 12.2 Å². The molecule has 0 unspecified atom stereocenters. The maximum absolute atomic E-state index is 4.11. The Morgan fingerprint density at radius 3 is 2.06 bits per heavy atom. The largest absolute Gasteiger partial charge is 0.315 e. The van der Waals surface area contributed by atoms with E-state index in [9.17, 15) is 0 Å². The molecule has 0 radical (unpaired) electrons. The fraction of sp³-hybridized carbons (Fsp3) is 0.867. The summed E-state index contributed by atoms with van der Waals surface area (Å²) in [4.78, 5) is 0. The van der Waals surface area contributed by atoms with E-state index in [0.717, 1.165) is 0 Å². The topological polar surface area (TPSA) is 12.0 Å². The molecule has 0 aromatic heterocycles. The third kappa shape index (κ3) is 10.2. The molecule has 1 heteroatoms. The summed E-state index contributed by atoms with van der Waals surface area (Å²) in [6.07, 6.45) is 7.99. The van der Waals surface area contributed by atoms with Crippen LogP contribution in [0, 0.1) is 5.92 Å². The molecule has 0 aromatic carbocycles. The van der Waals surface area contributed by atoms with Crippen molar-refractivity contribution in [2.45, 2.75) is 72.3 Å². The van der Waals surface area contributed by atoms with Crippen molar-refractivity contribution in [1.29, 1.82) is 0 Å². The molecule has 0 bridgehead atoms. The van der Waals surface area contributed by atoms with E-state index in [1.165, 1.54) is 50.6 Å². The average Bonchev–Trinajstić information content (AvgIpc) is 2.21. The molecule has 0 aromatic rings. The van der Waals surface area contributed by atoms with Crippen LogP contribution >= 0.6 is 0 Å². The first kappa shape index (κ1) is 15.7. The molecule has 1 nitrogen and oxygen atoms in total. The van der Waals surface area contributed by atoms with Crippen LogP contribution in [-0.4, -0.2) is 12.6 Å². The highest BCUT2D eigenvalue weighted by Gasteiger charge is 1.99. The summed E-state index contributed by atoms with van der Waals surface area (Å²) < 4.78 is 0. The van der Waals surface area contributed by atoms with Gasteiger partial charge in [0.1, 0.15) is 0 Å². The van der Waals surface area contributed by atoms with Gasteiger partial charge in [0.05, 0.1) is 0 Å². The standard InChI is InChI=1S/C15H31N/c1-13(2)15(5)11-9-7-6-8-10-12-16-14(3)4/h13-14,16H,5-12H2,1-4H3. The van der Waals surface area contributed by atoms with Gasteiger partial charge in [-0.2, -0.15) is 0 Å². The Bertz CT molecular complexity index is 170. The summed E-state index contributed by atoms with van der Waals surface area (Å²) in [5.41, 5.74) is 1.42. The third-order valence-corrected chi connectivity index (χ3v) is 3.04. The minimum Gasteiger partial charge on any atom is -0.315 e. The summed E-state index contributed by atoms with van der Waals surface area (Å²) in [6.45, 7) is 14.2. The maximum Gasteiger partial charge on any atom is 0.00103 e. The number of rotatable bonds is 10. The Hall–Kier alpha value is -0.300. The Morgan fingerprint density at radius 1 is 0.938 bits per heavy atom. The minimum atomic E-state index is 0.634. The van der Waals surface area contributed by atoms with Gasteiger partial charge in [0, 0.05) is 6.04 Å². The first-order valence-corrected chi connectivity index (χ1v) is 6.95. The zero-order valence-electron chi connectivity index (χ0n) is 11.8. The van der Waals surface area contributed by atoms with Gasteiger partial charge in [-0.25, -0.2) is 0 Å². The highest BCUT2D eigenvalue weighted by Crippen LogP contribution is 2.15. The van der Waals surface area contributed by atoms with Crippen LogP contribution < -0.4 is 5.32 Å². The lowest BCUT2D eigenvalue weighted by atomic mass is 9.98. The van der Waals surface area contributed by atoms with E-state index in [1.807, 2.05) is 0 Å². The van der Waals surface area contributed by atoms with Gasteiger partial charge in [0.2, 0.25) is 0 Å². The van der Waals surface area contributed by atoms with Crippen LogP contribution in [0.2, 0.25) is 0 Å². The number of unbranched alkanes of at least 4 members (excludes halogenated alkanes) is 4. The van der Waals surface area contributed by atoms with Crippen molar-refractivity contribution < 1.29 is 0 Å². The molecular weight excluding hydrogens is 194 g/mol. The molecular formula is C15H31N. The van der Waals surface area contributed by atoms with Crippen LogP contribution in [-0.2, 0) is 0 Å². The zero-order valence-corrected chi connectivity index (χ0v) is 11.8. The van der Waals surface area contributed by atoms with E-state index in [4.69, 9.17) is 0 Å². The molecule has 0 amide bonds. The van der Waals surface area contributed by atoms with Gasteiger partial charge in [0.15, 0.2) is 0 Å². The molecule has 0 spiro atoms. The fourth-order valence-corrected chi connectivity index (χ4v) is 1.69. The van der Waals surface area contributed by atoms with E-state index in [1.54, 1.807) is 0 Å². The molecule has 0 saturated carbocycles. The minimum absolute atomic E-state index is 0.634. The van der Waals surface area contributed by atoms with E-state index in [0.29, 0.717) is 12.0 Å². The normalized spacial score (nSPS) is 11.4. The number of allylic oxidation sites excluding steroid dienone is 1. The monoisotopic (exact) mass is 225 g/mol. The highest BCUT2D eigenvalue weighted by molar-refractivity contribution is 4.96. The van der Waals surface area contributed by atoms with Crippen molar-refractivity contribution in [2.75, 3.05) is 6.54 Å². The molecule has 16 heavy (non-hydrogen) atoms. The highest BCUT2D eigenvalue weighted by atomic mass is 14.9. The molecule has 0 heterocycles. The number of nitrogens with one attached hydrogen (secondary N) is 1. The van der Waals surface area contributed by atoms with Gasteiger partial charge in [-0.05, 0) is 31.7 Å². The van der Waals surface area contributed by atoms with Gasteiger partial charge in [-0.15, -0.1) is 0 Å². The van der Waals surface area contributed by atoms with Crippen LogP contribution in [0.15, 0.2) is 12.2 Å². The number of hydrogen-bond donors (Lipinski definition) is 1. The van der Waals surface area contributed by atoms with Crippen LogP contribution in [0.5, 0.6) is 0 Å². The quantitative estimate of drug-likeness (QED) is 0.425. The Balaban J connectivity index is 3.13. The third-order valence-electron chi connectivity index (χ3n) is 3.04. The van der Waals surface area contributed by atoms with Crippen molar-refractivity contribution in [3.63, 3.8) is 0 Å². The predicted octanol–water partition coefficient (Wildman–Crippen LogP) is 4.54. The van der Waals surface area contributed by atoms with Crippen molar-refractivity contribution in [1.82, 2.24) is 5.32 Å². The van der Waals surface area contributed by atoms with Crippen LogP contribution in [0.4, 0.5) is 0 Å². The Kier molecular flexibility index (Phi) is 9.71. The molecule has 0 aliphatic rings. The fourth-order valence-electron chi connectivity index (χ4n) is 1.69. The van der Waals surface area contributed by atoms with Crippen LogP contribution in [0.3, 0.4) is 0 Å². The van der Waals surface area contributed by atoms with Crippen molar-refractivity contribution in [2.24, 2.45) is 5.92 Å². The molecule has 0 aliphatic heterocycles. The van der Waals surface area contributed by atoms with Gasteiger partial charge in [-0.1, -0.05) is 59.1 Å². The lowest BCUT2D eigenvalue weighted by Crippen LogP contribution is -2.23. The smallest absolute Gasteiger partial charge is 0.00103 e. The van der Waals surface area contributed by atoms with Crippen molar-refractivity contribution >= 4 is 0 Å². The van der Waals surface area contributed by atoms with E-state index >= 15 is 0 Å². The zero-order chi connectivity index (χ0) is 12.4. The second-order valence-electron chi connectivity index (χ2n) is 5.44. The van der Waals surface area contributed by atoms with Gasteiger partial charge in [-0.3, -0.25) is 0 Å². The van der Waals surface area contributed by atoms with Crippen LogP contribution in [0.1, 0.15) is 66.2 Å². The molecule has 1 N–H and O–H groups in total. The molecule has 0 fully saturated rings. The lowest BCUT2D eigenvalue weighted by molar-refractivity contribution is 0.534. The second-order valence-corrected chi connectivity index (χ2v) is 5.44. The first-order chi connectivity index (χ1) is 7.54. The second kappa shape index (κ2) is 9.89. The predicted molar refractivity (Wildman–Crippen MR) is 74.8 cm³/mol. The Labute approximate surface area is 103 Å². The SMILES string of the molecule is C=C(CCCCCCCNC(C)C)C(C)C. The van der Waals surface area contributed by atoms with Gasteiger partial charge in [0.25, 0.3) is 0 Å². The van der Waals surface area contributed by atoms with Gasteiger partial charge < -0.3 is 5.32 Å². The van der Waals surface area contributed by atoms with E-state index < -0.39 is 0 Å². The lowest BCUT2D eigenvalue weighted by Gasteiger charge is -2.09. The maximum atomic E-state index is 4.11. The molecule has 96 valence electrons. The van der Waals surface area contributed by atoms with E-state index in [2.05, 4.69) is 39.6 Å². The average molecular weight is 225 g/mol. The molecule has 0 aliphatic carbocycles. The Morgan fingerprint density at radius 2 is 1.50 bits per heavy atom. The van der Waals surface area contributed by atoms with Crippen molar-refractivity contribution in [3.8, 4) is 0 Å². The summed E-state index contributed by atoms with van der Waals surface area (Å²) >= 11 is 0. The summed E-state index contributed by atoms with van der Waals surface area (Å²) in [6, 6.07) is 0.634. The molecule has 0 rings (SSSR count). The molecule has 0 atom stereocenters. The van der Waals surface area contributed by atoms with E-state index in [-0.39, 0.29) is 0 Å². The molecule has 0 saturated heterocycles. The summed E-state index contributed by atoms with van der Waals surface area (Å²) in [7, 11) is 0. The summed E-state index contributed by atoms with van der Waals surface area (Å²) in [5.74, 6) is 0.662. The summed E-state index contributed by atoms with van der Waals surface area (Å²) in [5, 5.41) is 3.46. The van der Waals surface area contributed by atoms with Crippen LogP contribution in [0.25, 0.3) is 0 Å².